The molecule has 25 heavy (non-hydrogen) atoms. The minimum Gasteiger partial charge on any atom is -0.370 e. The molecule has 4 N–H and O–H groups in total. The van der Waals surface area contributed by atoms with Gasteiger partial charge in [0.05, 0.1) is 11.7 Å². The highest BCUT2D eigenvalue weighted by molar-refractivity contribution is 9.10. The van der Waals surface area contributed by atoms with E-state index in [0.717, 1.165) is 14.9 Å². The van der Waals surface area contributed by atoms with Gasteiger partial charge >= 0.3 is 6.03 Å². The highest BCUT2D eigenvalue weighted by Crippen LogP contribution is 2.27. The summed E-state index contributed by atoms with van der Waals surface area (Å²) in [4.78, 5) is 24.1. The van der Waals surface area contributed by atoms with Crippen LogP contribution in [0.3, 0.4) is 0 Å². The smallest absolute Gasteiger partial charge is 0.319 e. The minimum atomic E-state index is -0.335. The van der Waals surface area contributed by atoms with E-state index in [2.05, 4.69) is 26.6 Å². The predicted octanol–water partition coefficient (Wildman–Crippen LogP) is 4.30. The normalized spacial score (nSPS) is 11.6. The number of carbonyl (C=O) groups is 2. The molecule has 2 rings (SSSR count). The summed E-state index contributed by atoms with van der Waals surface area (Å²) in [5.41, 5.74) is 6.87. The molecule has 1 unspecified atom stereocenters. The third-order valence-electron chi connectivity index (χ3n) is 3.44. The number of carbonyl (C=O) groups excluding carboxylic acids is 2. The number of hydrogen-bond acceptors (Lipinski definition) is 3. The van der Waals surface area contributed by atoms with Gasteiger partial charge < -0.3 is 16.4 Å². The van der Waals surface area contributed by atoms with Gasteiger partial charge in [-0.05, 0) is 36.8 Å². The Morgan fingerprint density at radius 1 is 1.20 bits per heavy atom. The van der Waals surface area contributed by atoms with Crippen molar-refractivity contribution >= 4 is 45.3 Å². The molecular weight excluding hydrogens is 402 g/mol. The SMILES string of the molecule is CC(NC(=O)Nc1ccccc1SCCC(N)=O)c1cccc(Br)c1. The lowest BCUT2D eigenvalue weighted by Gasteiger charge is -2.16. The second-order valence-electron chi connectivity index (χ2n) is 5.44. The summed E-state index contributed by atoms with van der Waals surface area (Å²) in [6.45, 7) is 1.93. The first-order valence-electron chi connectivity index (χ1n) is 7.79. The summed E-state index contributed by atoms with van der Waals surface area (Å²) in [5.74, 6) is 0.239. The van der Waals surface area contributed by atoms with Crippen LogP contribution in [0.2, 0.25) is 0 Å². The Balaban J connectivity index is 1.97. The number of urea groups is 1. The molecule has 3 amide bonds. The Bertz CT molecular complexity index is 755. The third-order valence-corrected chi connectivity index (χ3v) is 5.01. The number of benzene rings is 2. The fourth-order valence-corrected chi connectivity index (χ4v) is 3.56. The molecule has 0 fully saturated rings. The molecule has 0 aliphatic heterocycles. The average Bonchev–Trinajstić information content (AvgIpc) is 2.56. The topological polar surface area (TPSA) is 84.2 Å². The van der Waals surface area contributed by atoms with E-state index >= 15 is 0 Å². The highest BCUT2D eigenvalue weighted by Gasteiger charge is 2.12. The number of rotatable bonds is 7. The number of anilines is 1. The molecule has 2 aromatic rings. The first kappa shape index (κ1) is 19.3. The van der Waals surface area contributed by atoms with Gasteiger partial charge in [0, 0.05) is 21.5 Å². The van der Waals surface area contributed by atoms with Crippen LogP contribution < -0.4 is 16.4 Å². The zero-order valence-electron chi connectivity index (χ0n) is 13.8. The lowest BCUT2D eigenvalue weighted by Crippen LogP contribution is -2.31. The van der Waals surface area contributed by atoms with Crippen molar-refractivity contribution in [3.8, 4) is 0 Å². The second-order valence-corrected chi connectivity index (χ2v) is 7.49. The summed E-state index contributed by atoms with van der Waals surface area (Å²) >= 11 is 4.92. The van der Waals surface area contributed by atoms with Gasteiger partial charge in [-0.1, -0.05) is 40.2 Å². The van der Waals surface area contributed by atoms with E-state index in [1.54, 1.807) is 0 Å². The molecule has 132 valence electrons. The van der Waals surface area contributed by atoms with Crippen molar-refractivity contribution in [1.82, 2.24) is 5.32 Å². The molecule has 0 aromatic heterocycles. The van der Waals surface area contributed by atoms with E-state index in [0.29, 0.717) is 17.9 Å². The summed E-state index contributed by atoms with van der Waals surface area (Å²) in [5, 5.41) is 5.78. The number of primary amides is 1. The molecule has 5 nitrogen and oxygen atoms in total. The second kappa shape index (κ2) is 9.48. The Morgan fingerprint density at radius 2 is 1.96 bits per heavy atom. The van der Waals surface area contributed by atoms with Crippen molar-refractivity contribution in [2.45, 2.75) is 24.3 Å². The number of thioether (sulfide) groups is 1. The number of hydrogen-bond donors (Lipinski definition) is 3. The van der Waals surface area contributed by atoms with Crippen LogP contribution in [0, 0.1) is 0 Å². The van der Waals surface area contributed by atoms with Crippen molar-refractivity contribution in [3.05, 3.63) is 58.6 Å². The van der Waals surface area contributed by atoms with E-state index in [1.165, 1.54) is 11.8 Å². The summed E-state index contributed by atoms with van der Waals surface area (Å²) in [6.07, 6.45) is 0.297. The van der Waals surface area contributed by atoms with Gasteiger partial charge in [0.2, 0.25) is 5.91 Å². The Kier molecular flexibility index (Phi) is 7.33. The molecule has 0 bridgehead atoms. The van der Waals surface area contributed by atoms with Gasteiger partial charge in [-0.2, -0.15) is 0 Å². The van der Waals surface area contributed by atoms with Crippen LogP contribution >= 0.6 is 27.7 Å². The molecule has 0 saturated heterocycles. The molecular formula is C18H20BrN3O2S. The van der Waals surface area contributed by atoms with Gasteiger partial charge in [-0.15, -0.1) is 11.8 Å². The summed E-state index contributed by atoms with van der Waals surface area (Å²) in [7, 11) is 0. The van der Waals surface area contributed by atoms with Gasteiger partial charge in [-0.25, -0.2) is 4.79 Å². The number of para-hydroxylation sites is 1. The molecule has 0 spiro atoms. The molecule has 0 heterocycles. The van der Waals surface area contributed by atoms with Crippen LogP contribution in [-0.4, -0.2) is 17.7 Å². The lowest BCUT2D eigenvalue weighted by molar-refractivity contribution is -0.117. The minimum absolute atomic E-state index is 0.132. The van der Waals surface area contributed by atoms with E-state index in [-0.39, 0.29) is 18.0 Å². The van der Waals surface area contributed by atoms with Crippen LogP contribution in [0.25, 0.3) is 0 Å². The number of nitrogens with two attached hydrogens (primary N) is 1. The van der Waals surface area contributed by atoms with E-state index in [1.807, 2.05) is 55.5 Å². The molecule has 0 aliphatic rings. The van der Waals surface area contributed by atoms with Crippen LogP contribution in [0.15, 0.2) is 57.9 Å². The van der Waals surface area contributed by atoms with E-state index in [9.17, 15) is 9.59 Å². The van der Waals surface area contributed by atoms with Crippen molar-refractivity contribution < 1.29 is 9.59 Å². The van der Waals surface area contributed by atoms with Gasteiger partial charge in [0.15, 0.2) is 0 Å². The molecule has 7 heteroatoms. The van der Waals surface area contributed by atoms with Crippen molar-refractivity contribution in [2.75, 3.05) is 11.1 Å². The first-order valence-corrected chi connectivity index (χ1v) is 9.56. The van der Waals surface area contributed by atoms with E-state index in [4.69, 9.17) is 5.73 Å². The Morgan fingerprint density at radius 3 is 2.68 bits per heavy atom. The molecule has 1 atom stereocenters. The van der Waals surface area contributed by atoms with Crippen LogP contribution in [-0.2, 0) is 4.79 Å². The van der Waals surface area contributed by atoms with Gasteiger partial charge in [0.1, 0.15) is 0 Å². The highest BCUT2D eigenvalue weighted by atomic mass is 79.9. The van der Waals surface area contributed by atoms with Crippen molar-refractivity contribution in [3.63, 3.8) is 0 Å². The number of nitrogens with one attached hydrogen (secondary N) is 2. The zero-order chi connectivity index (χ0) is 18.2. The Hall–Kier alpha value is -1.99. The first-order chi connectivity index (χ1) is 12.0. The van der Waals surface area contributed by atoms with Gasteiger partial charge in [-0.3, -0.25) is 4.79 Å². The fourth-order valence-electron chi connectivity index (χ4n) is 2.17. The largest absolute Gasteiger partial charge is 0.370 e. The van der Waals surface area contributed by atoms with Crippen LogP contribution in [0.5, 0.6) is 0 Å². The predicted molar refractivity (Wildman–Crippen MR) is 106 cm³/mol. The van der Waals surface area contributed by atoms with Crippen molar-refractivity contribution in [1.29, 1.82) is 0 Å². The van der Waals surface area contributed by atoms with Gasteiger partial charge in [0.25, 0.3) is 0 Å². The van der Waals surface area contributed by atoms with E-state index < -0.39 is 0 Å². The maximum atomic E-state index is 12.3. The number of amides is 3. The standard InChI is InChI=1S/C18H20BrN3O2S/c1-12(13-5-4-6-14(19)11-13)21-18(24)22-15-7-2-3-8-16(15)25-10-9-17(20)23/h2-8,11-12H,9-10H2,1H3,(H2,20,23)(H2,21,22,24). The summed E-state index contributed by atoms with van der Waals surface area (Å²) in [6, 6.07) is 14.9. The molecule has 2 aromatic carbocycles. The quantitative estimate of drug-likeness (QED) is 0.582. The summed E-state index contributed by atoms with van der Waals surface area (Å²) < 4.78 is 0.968. The van der Waals surface area contributed by atoms with Crippen LogP contribution in [0.4, 0.5) is 10.5 Å². The maximum absolute atomic E-state index is 12.3. The van der Waals surface area contributed by atoms with Crippen LogP contribution in [0.1, 0.15) is 24.9 Å². The Labute approximate surface area is 159 Å². The average molecular weight is 422 g/mol. The fraction of sp³-hybridized carbons (Fsp3) is 0.222. The van der Waals surface area contributed by atoms with Crippen molar-refractivity contribution in [2.24, 2.45) is 5.73 Å². The number of halogens is 1. The zero-order valence-corrected chi connectivity index (χ0v) is 16.2. The molecule has 0 aliphatic carbocycles. The third kappa shape index (κ3) is 6.43. The monoisotopic (exact) mass is 421 g/mol. The lowest BCUT2D eigenvalue weighted by atomic mass is 10.1. The maximum Gasteiger partial charge on any atom is 0.319 e. The molecule has 0 radical (unpaired) electrons. The molecule has 0 saturated carbocycles.